The zero-order chi connectivity index (χ0) is 31.6. The van der Waals surface area contributed by atoms with Gasteiger partial charge in [-0.25, -0.2) is 4.79 Å². The van der Waals surface area contributed by atoms with Gasteiger partial charge >= 0.3 is 23.9 Å². The quantitative estimate of drug-likeness (QED) is 0.143. The molecule has 13 nitrogen and oxygen atoms in total. The van der Waals surface area contributed by atoms with E-state index >= 15 is 0 Å². The molecule has 220 valence electrons. The summed E-state index contributed by atoms with van der Waals surface area (Å²) in [5.74, 6) is -3.49. The monoisotopic (exact) mass is 602 g/mol. The molecule has 0 bridgehead atoms. The summed E-state index contributed by atoms with van der Waals surface area (Å²) < 4.78 is 88.6. The van der Waals surface area contributed by atoms with Crippen LogP contribution in [-0.4, -0.2) is 39.0 Å². The number of alkyl halides is 6. The predicted octanol–water partition coefficient (Wildman–Crippen LogP) is 5.84. The number of anilines is 1. The molecule has 1 amide bonds. The highest BCUT2D eigenvalue weighted by Gasteiger charge is 2.75. The number of non-ortho nitro benzene ring substituents is 2. The molecule has 0 aromatic heterocycles. The van der Waals surface area contributed by atoms with Gasteiger partial charge in [-0.2, -0.15) is 26.3 Å². The van der Waals surface area contributed by atoms with Crippen LogP contribution in [0.3, 0.4) is 0 Å². The molecule has 3 rings (SSSR count). The standard InChI is InChI=1S/C23H12F6N4O9/c24-22(25,26)21(23(27,28)29,42-20(35)12-2-1-3-15(10-12)31(36)37)13-4-6-14(7-5-13)30-19(34)17-9-8-16(32(38)39)11-18(17)33(40)41/h1-11H,(H,30,34). The van der Waals surface area contributed by atoms with Gasteiger partial charge in [-0.15, -0.1) is 0 Å². The highest BCUT2D eigenvalue weighted by atomic mass is 19.4. The van der Waals surface area contributed by atoms with E-state index in [2.05, 4.69) is 4.74 Å². The summed E-state index contributed by atoms with van der Waals surface area (Å²) in [4.78, 5) is 54.8. The lowest BCUT2D eigenvalue weighted by atomic mass is 9.91. The minimum atomic E-state index is -6.33. The molecular weight excluding hydrogens is 590 g/mol. The first kappa shape index (κ1) is 30.9. The highest BCUT2D eigenvalue weighted by molar-refractivity contribution is 6.07. The van der Waals surface area contributed by atoms with Crippen molar-refractivity contribution in [3.63, 3.8) is 0 Å². The topological polar surface area (TPSA) is 185 Å². The molecule has 42 heavy (non-hydrogen) atoms. The number of benzene rings is 3. The number of rotatable bonds is 8. The van der Waals surface area contributed by atoms with Crippen molar-refractivity contribution < 1.29 is 55.4 Å². The van der Waals surface area contributed by atoms with Crippen LogP contribution >= 0.6 is 0 Å². The Morgan fingerprint density at radius 1 is 0.714 bits per heavy atom. The summed E-state index contributed by atoms with van der Waals surface area (Å²) in [6.07, 6.45) is -12.7. The number of esters is 1. The maximum Gasteiger partial charge on any atom is 0.442 e. The smallest absolute Gasteiger partial charge is 0.431 e. The molecule has 0 radical (unpaired) electrons. The lowest BCUT2D eigenvalue weighted by molar-refractivity contribution is -0.394. The first-order chi connectivity index (χ1) is 19.4. The lowest BCUT2D eigenvalue weighted by Gasteiger charge is -2.36. The fourth-order valence-electron chi connectivity index (χ4n) is 3.57. The maximum absolute atomic E-state index is 14.1. The Balaban J connectivity index is 2.01. The number of hydrogen-bond donors (Lipinski definition) is 1. The number of carbonyl (C=O) groups is 2. The number of ether oxygens (including phenoxy) is 1. The number of carbonyl (C=O) groups excluding carboxylic acids is 2. The zero-order valence-electron chi connectivity index (χ0n) is 20.1. The summed E-state index contributed by atoms with van der Waals surface area (Å²) in [7, 11) is 0. The number of nitro benzene ring substituents is 3. The largest absolute Gasteiger partial charge is 0.442 e. The molecule has 0 saturated heterocycles. The summed E-state index contributed by atoms with van der Waals surface area (Å²) >= 11 is 0. The minimum absolute atomic E-state index is 0.210. The number of amides is 1. The van der Waals surface area contributed by atoms with E-state index < -0.39 is 84.0 Å². The number of nitrogens with one attached hydrogen (secondary N) is 1. The molecular formula is C23H12F6N4O9. The van der Waals surface area contributed by atoms with Crippen LogP contribution in [0.2, 0.25) is 0 Å². The van der Waals surface area contributed by atoms with E-state index in [-0.39, 0.29) is 12.1 Å². The molecule has 3 aromatic rings. The summed E-state index contributed by atoms with van der Waals surface area (Å²) in [6.45, 7) is 0. The van der Waals surface area contributed by atoms with Crippen molar-refractivity contribution in [1.82, 2.24) is 0 Å². The average Bonchev–Trinajstić information content (AvgIpc) is 2.90. The van der Waals surface area contributed by atoms with Gasteiger partial charge in [-0.3, -0.25) is 35.1 Å². The van der Waals surface area contributed by atoms with Gasteiger partial charge in [-0.05, 0) is 24.3 Å². The van der Waals surface area contributed by atoms with E-state index in [1.54, 1.807) is 0 Å². The second kappa shape index (κ2) is 11.1. The van der Waals surface area contributed by atoms with Crippen LogP contribution < -0.4 is 5.32 Å². The van der Waals surface area contributed by atoms with E-state index in [1.807, 2.05) is 5.32 Å². The molecule has 0 aliphatic carbocycles. The molecule has 1 N–H and O–H groups in total. The van der Waals surface area contributed by atoms with E-state index in [0.29, 0.717) is 36.4 Å². The normalized spacial score (nSPS) is 11.9. The van der Waals surface area contributed by atoms with Gasteiger partial charge in [0.25, 0.3) is 23.0 Å². The second-order valence-electron chi connectivity index (χ2n) is 8.12. The number of halogens is 6. The van der Waals surface area contributed by atoms with E-state index in [1.165, 1.54) is 0 Å². The Kier molecular flexibility index (Phi) is 8.17. The van der Waals surface area contributed by atoms with Crippen LogP contribution in [0.4, 0.5) is 49.1 Å². The van der Waals surface area contributed by atoms with Crippen LogP contribution in [0.15, 0.2) is 66.7 Å². The van der Waals surface area contributed by atoms with Crippen LogP contribution in [0.1, 0.15) is 26.3 Å². The molecule has 0 aliphatic rings. The van der Waals surface area contributed by atoms with E-state index in [4.69, 9.17) is 0 Å². The summed E-state index contributed by atoms with van der Waals surface area (Å²) in [5, 5.41) is 35.0. The van der Waals surface area contributed by atoms with Crippen LogP contribution in [0.5, 0.6) is 0 Å². The Morgan fingerprint density at radius 2 is 1.26 bits per heavy atom. The van der Waals surface area contributed by atoms with E-state index in [9.17, 15) is 66.3 Å². The summed E-state index contributed by atoms with van der Waals surface area (Å²) in [5.41, 5.74) is -11.7. The average molecular weight is 602 g/mol. The number of nitrogens with zero attached hydrogens (tertiary/aromatic N) is 3. The molecule has 0 aliphatic heterocycles. The van der Waals surface area contributed by atoms with Gasteiger partial charge in [0.2, 0.25) is 0 Å². The van der Waals surface area contributed by atoms with Gasteiger partial charge in [-0.1, -0.05) is 18.2 Å². The molecule has 3 aromatic carbocycles. The number of hydrogen-bond acceptors (Lipinski definition) is 9. The molecule has 0 heterocycles. The number of nitro groups is 3. The van der Waals surface area contributed by atoms with Gasteiger partial charge in [0.05, 0.1) is 26.4 Å². The maximum atomic E-state index is 14.1. The Hall–Kier alpha value is -5.62. The van der Waals surface area contributed by atoms with Crippen molar-refractivity contribution in [1.29, 1.82) is 0 Å². The molecule has 19 heteroatoms. The molecule has 0 saturated carbocycles. The van der Waals surface area contributed by atoms with Crippen molar-refractivity contribution >= 4 is 34.6 Å². The SMILES string of the molecule is O=C(OC(c1ccc(NC(=O)c2ccc([N+](=O)[O-])cc2[N+](=O)[O-])cc1)(C(F)(F)F)C(F)(F)F)c1cccc([N+](=O)[O-])c1. The third-order valence-electron chi connectivity index (χ3n) is 5.52. The van der Waals surface area contributed by atoms with Gasteiger partial charge < -0.3 is 10.1 Å². The van der Waals surface area contributed by atoms with Gasteiger partial charge in [0, 0.05) is 29.4 Å². The Labute approximate surface area is 227 Å². The second-order valence-corrected chi connectivity index (χ2v) is 8.12. The van der Waals surface area contributed by atoms with Crippen molar-refractivity contribution in [2.45, 2.75) is 18.0 Å². The Bertz CT molecular complexity index is 1580. The van der Waals surface area contributed by atoms with Gasteiger partial charge in [0.15, 0.2) is 0 Å². The fourth-order valence-corrected chi connectivity index (χ4v) is 3.57. The first-order valence-corrected chi connectivity index (χ1v) is 10.8. The summed E-state index contributed by atoms with van der Waals surface area (Å²) in [6, 6.07) is 6.21. The Morgan fingerprint density at radius 3 is 1.76 bits per heavy atom. The van der Waals surface area contributed by atoms with Crippen molar-refractivity contribution in [3.05, 3.63) is 114 Å². The van der Waals surface area contributed by atoms with Crippen molar-refractivity contribution in [2.75, 3.05) is 5.32 Å². The molecule has 0 atom stereocenters. The fraction of sp³-hybridized carbons (Fsp3) is 0.130. The predicted molar refractivity (Wildman–Crippen MR) is 126 cm³/mol. The molecule has 0 unspecified atom stereocenters. The van der Waals surface area contributed by atoms with Crippen molar-refractivity contribution in [2.24, 2.45) is 0 Å². The first-order valence-electron chi connectivity index (χ1n) is 10.8. The highest BCUT2D eigenvalue weighted by Crippen LogP contribution is 2.53. The molecule has 0 fully saturated rings. The third-order valence-corrected chi connectivity index (χ3v) is 5.52. The minimum Gasteiger partial charge on any atom is -0.431 e. The van der Waals surface area contributed by atoms with Gasteiger partial charge in [0.1, 0.15) is 5.56 Å². The lowest BCUT2D eigenvalue weighted by Crippen LogP contribution is -2.56. The third kappa shape index (κ3) is 5.93. The van der Waals surface area contributed by atoms with Crippen LogP contribution in [0, 0.1) is 30.3 Å². The zero-order valence-corrected chi connectivity index (χ0v) is 20.1. The van der Waals surface area contributed by atoms with Crippen molar-refractivity contribution in [3.8, 4) is 0 Å². The van der Waals surface area contributed by atoms with Crippen LogP contribution in [0.25, 0.3) is 0 Å². The molecule has 0 spiro atoms. The van der Waals surface area contributed by atoms with E-state index in [0.717, 1.165) is 18.2 Å². The van der Waals surface area contributed by atoms with Crippen LogP contribution in [-0.2, 0) is 10.3 Å².